The Labute approximate surface area is 78.4 Å². The molecule has 0 atom stereocenters. The molecule has 0 aliphatic heterocycles. The van der Waals surface area contributed by atoms with Crippen molar-refractivity contribution >= 4 is 26.0 Å². The molecule has 0 amide bonds. The van der Waals surface area contributed by atoms with Crippen LogP contribution >= 0.6 is 11.1 Å². The summed E-state index contributed by atoms with van der Waals surface area (Å²) in [7, 11) is 2.09. The van der Waals surface area contributed by atoms with Gasteiger partial charge in [-0.05, 0) is 0 Å². The maximum Gasteiger partial charge on any atom is 0.234 e. The summed E-state index contributed by atoms with van der Waals surface area (Å²) in [6, 6.07) is 0. The fourth-order valence-corrected chi connectivity index (χ4v) is 2.30. The van der Waals surface area contributed by atoms with Gasteiger partial charge in [0.25, 0.3) is 0 Å². The summed E-state index contributed by atoms with van der Waals surface area (Å²) in [5, 5.41) is 0. The van der Waals surface area contributed by atoms with Gasteiger partial charge in [-0.25, -0.2) is 9.79 Å². The molecule has 0 heterocycles. The van der Waals surface area contributed by atoms with E-state index >= 15 is 0 Å². The Bertz CT molecular complexity index is 160. The number of halogens is 1. The van der Waals surface area contributed by atoms with Crippen LogP contribution in [-0.2, 0) is 14.3 Å². The molecule has 0 aliphatic rings. The first-order chi connectivity index (χ1) is 5.74. The van der Waals surface area contributed by atoms with Gasteiger partial charge in [0, 0.05) is 20.6 Å². The third kappa shape index (κ3) is 3.47. The highest BCUT2D eigenvalue weighted by atomic mass is 35.6. The molecule has 70 valence electrons. The first kappa shape index (κ1) is 11.8. The Balaban J connectivity index is 4.00. The van der Waals surface area contributed by atoms with Gasteiger partial charge >= 0.3 is 0 Å². The van der Waals surface area contributed by atoms with Crippen LogP contribution in [0.15, 0.2) is 4.99 Å². The Morgan fingerprint density at radius 2 is 2.17 bits per heavy atom. The molecule has 0 aromatic heterocycles. The van der Waals surface area contributed by atoms with E-state index in [0.29, 0.717) is 13.0 Å². The Morgan fingerprint density at radius 1 is 1.58 bits per heavy atom. The van der Waals surface area contributed by atoms with E-state index in [-0.39, 0.29) is 0 Å². The van der Waals surface area contributed by atoms with Crippen LogP contribution in [0.4, 0.5) is 0 Å². The van der Waals surface area contributed by atoms with Crippen molar-refractivity contribution in [2.75, 3.05) is 20.8 Å². The number of aliphatic imine (C=N–C) groups is 1. The summed E-state index contributed by atoms with van der Waals surface area (Å²) in [6.07, 6.45) is 1.95. The zero-order valence-corrected chi connectivity index (χ0v) is 9.34. The van der Waals surface area contributed by atoms with Crippen LogP contribution in [0.5, 0.6) is 0 Å². The number of hydrogen-bond donors (Lipinski definition) is 0. The van der Waals surface area contributed by atoms with Crippen molar-refractivity contribution in [1.29, 1.82) is 0 Å². The third-order valence-corrected chi connectivity index (χ3v) is 4.18. The molecule has 0 aromatic rings. The summed E-state index contributed by atoms with van der Waals surface area (Å²) in [5.41, 5.74) is -0.693. The average molecular weight is 210 g/mol. The number of isocyanates is 1. The summed E-state index contributed by atoms with van der Waals surface area (Å²) < 4.78 is 10.2. The lowest BCUT2D eigenvalue weighted by Crippen LogP contribution is -2.38. The Kier molecular flexibility index (Phi) is 6.23. The zero-order valence-electron chi connectivity index (χ0n) is 7.17. The molecule has 0 saturated heterocycles. The molecule has 0 aliphatic carbocycles. The van der Waals surface area contributed by atoms with E-state index in [9.17, 15) is 4.79 Å². The number of methoxy groups -OCH3 is 2. The number of hydrogen-bond acceptors (Lipinski definition) is 4. The fraction of sp³-hybridized carbons (Fsp3) is 0.833. The summed E-state index contributed by atoms with van der Waals surface area (Å²) in [4.78, 5) is 13.2. The quantitative estimate of drug-likeness (QED) is 0.203. The van der Waals surface area contributed by atoms with Crippen molar-refractivity contribution < 1.29 is 14.3 Å². The van der Waals surface area contributed by atoms with Crippen molar-refractivity contribution in [3.05, 3.63) is 0 Å². The van der Waals surface area contributed by atoms with Gasteiger partial charge in [0.2, 0.25) is 6.08 Å². The highest BCUT2D eigenvalue weighted by Crippen LogP contribution is 2.15. The van der Waals surface area contributed by atoms with Gasteiger partial charge in [-0.3, -0.25) is 0 Å². The van der Waals surface area contributed by atoms with Gasteiger partial charge in [0.05, 0.1) is 6.54 Å². The van der Waals surface area contributed by atoms with E-state index in [1.165, 1.54) is 20.3 Å². The summed E-state index contributed by atoms with van der Waals surface area (Å²) in [5.74, 6) is 0. The minimum Gasteiger partial charge on any atom is -0.356 e. The Hall–Kier alpha value is -0.193. The molecule has 0 bridgehead atoms. The highest BCUT2D eigenvalue weighted by Gasteiger charge is 2.28. The predicted octanol–water partition coefficient (Wildman–Crippen LogP) is -0.0185. The zero-order chi connectivity index (χ0) is 9.45. The molecule has 0 aromatic carbocycles. The molecule has 6 heteroatoms. The van der Waals surface area contributed by atoms with Crippen molar-refractivity contribution in [1.82, 2.24) is 0 Å². The molecule has 0 N–H and O–H groups in total. The molecule has 0 radical (unpaired) electrons. The molecule has 12 heavy (non-hydrogen) atoms. The largest absolute Gasteiger partial charge is 0.356 e. The van der Waals surface area contributed by atoms with Gasteiger partial charge in [0.1, 0.15) is 0 Å². The van der Waals surface area contributed by atoms with Gasteiger partial charge in [0.15, 0.2) is 14.2 Å². The van der Waals surface area contributed by atoms with Crippen molar-refractivity contribution in [2.24, 2.45) is 4.99 Å². The van der Waals surface area contributed by atoms with E-state index in [2.05, 4.69) is 4.99 Å². The van der Waals surface area contributed by atoms with E-state index in [1.54, 1.807) is 0 Å². The van der Waals surface area contributed by atoms with Crippen LogP contribution < -0.4 is 0 Å². The van der Waals surface area contributed by atoms with Gasteiger partial charge < -0.3 is 9.47 Å². The summed E-state index contributed by atoms with van der Waals surface area (Å²) >= 11 is 5.75. The second-order valence-corrected chi connectivity index (χ2v) is 4.32. The van der Waals surface area contributed by atoms with E-state index in [1.807, 2.05) is 0 Å². The van der Waals surface area contributed by atoms with Crippen LogP contribution in [0, 0.1) is 0 Å². The molecule has 0 rings (SSSR count). The molecule has 0 saturated carbocycles. The van der Waals surface area contributed by atoms with Crippen LogP contribution in [0.25, 0.3) is 0 Å². The molecule has 0 unspecified atom stereocenters. The van der Waals surface area contributed by atoms with Crippen molar-refractivity contribution in [3.63, 3.8) is 0 Å². The first-order valence-corrected chi connectivity index (χ1v) is 6.29. The first-order valence-electron chi connectivity index (χ1n) is 3.44. The van der Waals surface area contributed by atoms with Gasteiger partial charge in [-0.15, -0.1) is 0 Å². The second kappa shape index (κ2) is 6.34. The normalized spacial score (nSPS) is 11.9. The predicted molar refractivity (Wildman–Crippen MR) is 48.8 cm³/mol. The van der Waals surface area contributed by atoms with Crippen LogP contribution in [0.3, 0.4) is 0 Å². The monoisotopic (exact) mass is 209 g/mol. The fourth-order valence-electron chi connectivity index (χ4n) is 0.735. The lowest BCUT2D eigenvalue weighted by Gasteiger charge is -2.27. The standard InChI is InChI=1S/C6H12ClNO3Si/c1-10-6(11-2,12-7)3-4-8-5-9/h3-4,12H2,1-2H3. The molecule has 0 spiro atoms. The minimum atomic E-state index is -0.969. The van der Waals surface area contributed by atoms with Crippen molar-refractivity contribution in [3.8, 4) is 0 Å². The topological polar surface area (TPSA) is 47.9 Å². The van der Waals surface area contributed by atoms with Crippen LogP contribution in [0.2, 0.25) is 0 Å². The second-order valence-electron chi connectivity index (χ2n) is 2.18. The smallest absolute Gasteiger partial charge is 0.234 e. The number of ether oxygens (including phenoxy) is 2. The van der Waals surface area contributed by atoms with Crippen LogP contribution in [0.1, 0.15) is 6.42 Å². The lowest BCUT2D eigenvalue weighted by molar-refractivity contribution is -0.145. The maximum absolute atomic E-state index is 9.76. The van der Waals surface area contributed by atoms with E-state index in [4.69, 9.17) is 20.6 Å². The van der Waals surface area contributed by atoms with Gasteiger partial charge in [-0.2, -0.15) is 11.1 Å². The molecular formula is C6H12ClNO3Si. The van der Waals surface area contributed by atoms with E-state index in [0.717, 1.165) is 0 Å². The Morgan fingerprint density at radius 3 is 2.50 bits per heavy atom. The molecular weight excluding hydrogens is 198 g/mol. The van der Waals surface area contributed by atoms with Crippen LogP contribution in [-0.4, -0.2) is 41.1 Å². The van der Waals surface area contributed by atoms with E-state index < -0.39 is 14.2 Å². The minimum absolute atomic E-state index is 0.338. The molecule has 0 fully saturated rings. The molecule has 4 nitrogen and oxygen atoms in total. The highest BCUT2D eigenvalue weighted by molar-refractivity contribution is 6.95. The summed E-state index contributed by atoms with van der Waals surface area (Å²) in [6.45, 7) is 0.338. The van der Waals surface area contributed by atoms with Crippen molar-refractivity contribution in [2.45, 2.75) is 11.8 Å². The van der Waals surface area contributed by atoms with Gasteiger partial charge in [-0.1, -0.05) is 0 Å². The number of rotatable bonds is 6. The average Bonchev–Trinajstić information content (AvgIpc) is 2.14. The number of nitrogens with zero attached hydrogens (tertiary/aromatic N) is 1. The lowest BCUT2D eigenvalue weighted by atomic mass is 10.4. The number of carbonyl (C=O) groups excluding carboxylic acids is 1. The third-order valence-electron chi connectivity index (χ3n) is 1.62. The maximum atomic E-state index is 9.76. The SMILES string of the molecule is COC(CCN=C=O)(OC)[SiH2]Cl.